The molecule has 6 aromatic carbocycles. The van der Waals surface area contributed by atoms with Gasteiger partial charge in [0.2, 0.25) is 0 Å². The molecule has 0 nitrogen and oxygen atoms in total. The Bertz CT molecular complexity index is 1810. The lowest BCUT2D eigenvalue weighted by molar-refractivity contribution is 1.26. The lowest BCUT2D eigenvalue weighted by Gasteiger charge is -2.21. The van der Waals surface area contributed by atoms with Crippen molar-refractivity contribution < 1.29 is 0 Å². The molecule has 1 aliphatic carbocycles. The Kier molecular flexibility index (Phi) is 6.38. The molecule has 0 N–H and O–H groups in total. The first kappa shape index (κ1) is 24.7. The largest absolute Gasteiger partial charge is 0.0901 e. The van der Waals surface area contributed by atoms with Gasteiger partial charge in [0, 0.05) is 9.79 Å². The maximum atomic E-state index is 2.45. The van der Waals surface area contributed by atoms with Gasteiger partial charge in [-0.1, -0.05) is 126 Å². The summed E-state index contributed by atoms with van der Waals surface area (Å²) in [6.07, 6.45) is 0.959. The highest BCUT2D eigenvalue weighted by atomic mass is 32.2. The van der Waals surface area contributed by atoms with Crippen molar-refractivity contribution in [2.45, 2.75) is 30.1 Å². The van der Waals surface area contributed by atoms with E-state index in [0.29, 0.717) is 0 Å². The molecule has 192 valence electrons. The van der Waals surface area contributed by atoms with Gasteiger partial charge in [0.15, 0.2) is 0 Å². The van der Waals surface area contributed by atoms with Gasteiger partial charge in [-0.05, 0) is 106 Å². The average Bonchev–Trinajstić information content (AvgIpc) is 3.37. The van der Waals surface area contributed by atoms with E-state index in [1.165, 1.54) is 76.6 Å². The zero-order valence-electron chi connectivity index (χ0n) is 22.8. The number of aryl methyl sites for hydroxylation is 2. The fourth-order valence-corrected chi connectivity index (χ4v) is 6.73. The molecule has 0 fully saturated rings. The summed E-state index contributed by atoms with van der Waals surface area (Å²) in [4.78, 5) is 2.50. The Morgan fingerprint density at radius 1 is 0.450 bits per heavy atom. The second-order valence-corrected chi connectivity index (χ2v) is 11.9. The number of fused-ring (bicyclic) bond motifs is 3. The highest BCUT2D eigenvalue weighted by Crippen LogP contribution is 2.50. The lowest BCUT2D eigenvalue weighted by Crippen LogP contribution is -1.97. The minimum absolute atomic E-state index is 0.959. The molecule has 1 aliphatic rings. The van der Waals surface area contributed by atoms with Crippen LogP contribution < -0.4 is 0 Å². The van der Waals surface area contributed by atoms with E-state index in [2.05, 4.69) is 147 Å². The maximum Gasteiger partial charge on any atom is 0.0122 e. The Labute approximate surface area is 241 Å². The van der Waals surface area contributed by atoms with Crippen LogP contribution in [0.15, 0.2) is 143 Å². The minimum atomic E-state index is 0.959. The molecule has 0 aromatic heterocycles. The van der Waals surface area contributed by atoms with Crippen molar-refractivity contribution in [3.63, 3.8) is 0 Å². The normalized spacial score (nSPS) is 11.8. The SMILES string of the molecule is Cc1ccc(-c2c(-c3ccc(Sc4ccccc4)cc3)cc3c(c2-c2ccc(C)cc2)Cc2ccccc2-3)cc1. The molecule has 0 radical (unpaired) electrons. The van der Waals surface area contributed by atoms with Gasteiger partial charge in [-0.3, -0.25) is 0 Å². The van der Waals surface area contributed by atoms with Crippen LogP contribution in [0.2, 0.25) is 0 Å². The van der Waals surface area contributed by atoms with Crippen molar-refractivity contribution in [1.82, 2.24) is 0 Å². The molecule has 0 aliphatic heterocycles. The van der Waals surface area contributed by atoms with Crippen LogP contribution in [0.25, 0.3) is 44.5 Å². The van der Waals surface area contributed by atoms with E-state index < -0.39 is 0 Å². The maximum absolute atomic E-state index is 2.45. The molecule has 0 unspecified atom stereocenters. The van der Waals surface area contributed by atoms with E-state index in [-0.39, 0.29) is 0 Å². The second-order valence-electron chi connectivity index (χ2n) is 10.7. The van der Waals surface area contributed by atoms with Gasteiger partial charge in [0.25, 0.3) is 0 Å². The van der Waals surface area contributed by atoms with E-state index in [9.17, 15) is 0 Å². The number of hydrogen-bond acceptors (Lipinski definition) is 1. The zero-order valence-corrected chi connectivity index (χ0v) is 23.6. The molecule has 0 atom stereocenters. The second kappa shape index (κ2) is 10.3. The molecule has 6 aromatic rings. The predicted octanol–water partition coefficient (Wildman–Crippen LogP) is 11.0. The first-order chi connectivity index (χ1) is 19.6. The van der Waals surface area contributed by atoms with Crippen molar-refractivity contribution in [3.05, 3.63) is 156 Å². The summed E-state index contributed by atoms with van der Waals surface area (Å²) in [5.74, 6) is 0. The van der Waals surface area contributed by atoms with Crippen LogP contribution in [0.3, 0.4) is 0 Å². The van der Waals surface area contributed by atoms with Crippen LogP contribution in [0.4, 0.5) is 0 Å². The van der Waals surface area contributed by atoms with E-state index >= 15 is 0 Å². The van der Waals surface area contributed by atoms with Gasteiger partial charge in [-0.15, -0.1) is 0 Å². The molecule has 0 heterocycles. The van der Waals surface area contributed by atoms with Crippen LogP contribution in [-0.2, 0) is 6.42 Å². The van der Waals surface area contributed by atoms with Gasteiger partial charge in [0.05, 0.1) is 0 Å². The van der Waals surface area contributed by atoms with Crippen LogP contribution in [0, 0.1) is 13.8 Å². The fourth-order valence-electron chi connectivity index (χ4n) is 5.89. The third-order valence-electron chi connectivity index (χ3n) is 7.93. The summed E-state index contributed by atoms with van der Waals surface area (Å²) in [6, 6.07) is 49.2. The molecular formula is C39H30S. The number of rotatable bonds is 5. The van der Waals surface area contributed by atoms with Crippen molar-refractivity contribution in [2.24, 2.45) is 0 Å². The third kappa shape index (κ3) is 4.57. The highest BCUT2D eigenvalue weighted by molar-refractivity contribution is 7.99. The van der Waals surface area contributed by atoms with E-state index in [1.54, 1.807) is 11.8 Å². The molecule has 0 saturated carbocycles. The molecule has 0 saturated heterocycles. The van der Waals surface area contributed by atoms with Gasteiger partial charge < -0.3 is 0 Å². The molecule has 0 amide bonds. The van der Waals surface area contributed by atoms with Crippen molar-refractivity contribution in [2.75, 3.05) is 0 Å². The lowest BCUT2D eigenvalue weighted by atomic mass is 9.82. The Morgan fingerprint density at radius 2 is 1.00 bits per heavy atom. The first-order valence-electron chi connectivity index (χ1n) is 13.9. The van der Waals surface area contributed by atoms with Crippen LogP contribution in [-0.4, -0.2) is 0 Å². The molecule has 40 heavy (non-hydrogen) atoms. The Morgan fingerprint density at radius 3 is 1.68 bits per heavy atom. The first-order valence-corrected chi connectivity index (χ1v) is 14.7. The fraction of sp³-hybridized carbons (Fsp3) is 0.0769. The summed E-state index contributed by atoms with van der Waals surface area (Å²) in [5, 5.41) is 0. The van der Waals surface area contributed by atoms with Crippen LogP contribution >= 0.6 is 11.8 Å². The highest BCUT2D eigenvalue weighted by Gasteiger charge is 2.27. The monoisotopic (exact) mass is 530 g/mol. The topological polar surface area (TPSA) is 0 Å². The van der Waals surface area contributed by atoms with Gasteiger partial charge in [-0.2, -0.15) is 0 Å². The van der Waals surface area contributed by atoms with Crippen LogP contribution in [0.1, 0.15) is 22.3 Å². The Balaban J connectivity index is 1.47. The zero-order chi connectivity index (χ0) is 27.1. The summed E-state index contributed by atoms with van der Waals surface area (Å²) in [5.41, 5.74) is 15.9. The van der Waals surface area contributed by atoms with Gasteiger partial charge in [0.1, 0.15) is 0 Å². The van der Waals surface area contributed by atoms with E-state index in [1.807, 2.05) is 0 Å². The predicted molar refractivity (Wildman–Crippen MR) is 171 cm³/mol. The van der Waals surface area contributed by atoms with Crippen LogP contribution in [0.5, 0.6) is 0 Å². The minimum Gasteiger partial charge on any atom is -0.0901 e. The summed E-state index contributed by atoms with van der Waals surface area (Å²) in [6.45, 7) is 4.32. The average molecular weight is 531 g/mol. The van der Waals surface area contributed by atoms with Crippen molar-refractivity contribution in [1.29, 1.82) is 0 Å². The van der Waals surface area contributed by atoms with Crippen molar-refractivity contribution in [3.8, 4) is 44.5 Å². The van der Waals surface area contributed by atoms with Gasteiger partial charge >= 0.3 is 0 Å². The Hall–Kier alpha value is -4.33. The molecular weight excluding hydrogens is 500 g/mol. The molecule has 7 rings (SSSR count). The molecule has 0 spiro atoms. The summed E-state index contributed by atoms with van der Waals surface area (Å²) < 4.78 is 0. The van der Waals surface area contributed by atoms with E-state index in [0.717, 1.165) is 6.42 Å². The third-order valence-corrected chi connectivity index (χ3v) is 8.95. The van der Waals surface area contributed by atoms with Crippen molar-refractivity contribution >= 4 is 11.8 Å². The van der Waals surface area contributed by atoms with E-state index in [4.69, 9.17) is 0 Å². The molecule has 0 bridgehead atoms. The smallest absolute Gasteiger partial charge is 0.0122 e. The standard InChI is InChI=1S/C39H30S/c1-26-12-16-29(17-13-26)38-35(28-20-22-33(23-21-28)40-32-9-4-3-5-10-32)25-36-34-11-7-6-8-31(34)24-37(36)39(38)30-18-14-27(2)15-19-30/h3-23,25H,24H2,1-2H3. The quantitative estimate of drug-likeness (QED) is 0.213. The number of hydrogen-bond donors (Lipinski definition) is 0. The summed E-state index contributed by atoms with van der Waals surface area (Å²) in [7, 11) is 0. The summed E-state index contributed by atoms with van der Waals surface area (Å²) >= 11 is 1.81. The number of benzene rings is 6. The van der Waals surface area contributed by atoms with Gasteiger partial charge in [-0.25, -0.2) is 0 Å². The molecule has 1 heteroatoms.